The van der Waals surface area contributed by atoms with Gasteiger partial charge in [0.25, 0.3) is 0 Å². The van der Waals surface area contributed by atoms with Gasteiger partial charge >= 0.3 is 0 Å². The van der Waals surface area contributed by atoms with Gasteiger partial charge in [0, 0.05) is 17.6 Å². The molecule has 1 atom stereocenters. The zero-order chi connectivity index (χ0) is 15.2. The van der Waals surface area contributed by atoms with Crippen LogP contribution in [0.15, 0.2) is 36.5 Å². The lowest BCUT2D eigenvalue weighted by atomic mass is 9.96. The van der Waals surface area contributed by atoms with Crippen LogP contribution in [0, 0.1) is 5.92 Å². The molecule has 1 unspecified atom stereocenters. The lowest BCUT2D eigenvalue weighted by molar-refractivity contribution is 0.414. The SMILES string of the molecule is COc1cccc(CC(CBr)Cc2ccn(C(C)C)n2)c1. The smallest absolute Gasteiger partial charge is 0.119 e. The predicted molar refractivity (Wildman–Crippen MR) is 90.3 cm³/mol. The number of alkyl halides is 1. The van der Waals surface area contributed by atoms with E-state index in [1.54, 1.807) is 7.11 Å². The van der Waals surface area contributed by atoms with Crippen molar-refractivity contribution in [3.8, 4) is 5.75 Å². The molecule has 114 valence electrons. The monoisotopic (exact) mass is 350 g/mol. The average molecular weight is 351 g/mol. The molecule has 1 aromatic carbocycles. The van der Waals surface area contributed by atoms with E-state index in [0.717, 1.165) is 29.6 Å². The van der Waals surface area contributed by atoms with E-state index in [4.69, 9.17) is 4.74 Å². The van der Waals surface area contributed by atoms with Crippen molar-refractivity contribution in [2.24, 2.45) is 5.92 Å². The van der Waals surface area contributed by atoms with Gasteiger partial charge < -0.3 is 4.74 Å². The van der Waals surface area contributed by atoms with Crippen molar-refractivity contribution in [2.45, 2.75) is 32.7 Å². The van der Waals surface area contributed by atoms with Gasteiger partial charge in [0.2, 0.25) is 0 Å². The maximum atomic E-state index is 5.29. The molecule has 0 amide bonds. The number of ether oxygens (including phenoxy) is 1. The van der Waals surface area contributed by atoms with Crippen LogP contribution in [0.2, 0.25) is 0 Å². The van der Waals surface area contributed by atoms with E-state index in [1.807, 2.05) is 16.8 Å². The highest BCUT2D eigenvalue weighted by molar-refractivity contribution is 9.09. The Bertz CT molecular complexity index is 565. The Hall–Kier alpha value is -1.29. The first-order chi connectivity index (χ1) is 10.1. The van der Waals surface area contributed by atoms with Gasteiger partial charge in [-0.1, -0.05) is 28.1 Å². The summed E-state index contributed by atoms with van der Waals surface area (Å²) >= 11 is 3.64. The maximum absolute atomic E-state index is 5.29. The third-order valence-electron chi connectivity index (χ3n) is 3.57. The highest BCUT2D eigenvalue weighted by Gasteiger charge is 2.12. The highest BCUT2D eigenvalue weighted by Crippen LogP contribution is 2.20. The van der Waals surface area contributed by atoms with Gasteiger partial charge in [0.05, 0.1) is 12.8 Å². The Balaban J connectivity index is 2.01. The molecule has 0 aliphatic rings. The van der Waals surface area contributed by atoms with E-state index in [1.165, 1.54) is 5.56 Å². The zero-order valence-corrected chi connectivity index (χ0v) is 14.5. The molecule has 0 N–H and O–H groups in total. The fourth-order valence-electron chi connectivity index (χ4n) is 2.38. The van der Waals surface area contributed by atoms with Crippen LogP contribution in [0.1, 0.15) is 31.1 Å². The van der Waals surface area contributed by atoms with Crippen molar-refractivity contribution < 1.29 is 4.74 Å². The second kappa shape index (κ2) is 7.64. The van der Waals surface area contributed by atoms with E-state index < -0.39 is 0 Å². The number of aromatic nitrogens is 2. The Morgan fingerprint density at radius 3 is 2.67 bits per heavy atom. The fraction of sp³-hybridized carbons (Fsp3) is 0.471. The minimum absolute atomic E-state index is 0.416. The summed E-state index contributed by atoms with van der Waals surface area (Å²) in [6.07, 6.45) is 4.08. The highest BCUT2D eigenvalue weighted by atomic mass is 79.9. The van der Waals surface area contributed by atoms with Gasteiger partial charge in [-0.3, -0.25) is 4.68 Å². The average Bonchev–Trinajstić information content (AvgIpc) is 2.95. The Labute approximate surface area is 135 Å². The quantitative estimate of drug-likeness (QED) is 0.697. The van der Waals surface area contributed by atoms with E-state index in [9.17, 15) is 0 Å². The van der Waals surface area contributed by atoms with Crippen LogP contribution in [-0.4, -0.2) is 22.2 Å². The topological polar surface area (TPSA) is 27.1 Å². The molecule has 21 heavy (non-hydrogen) atoms. The van der Waals surface area contributed by atoms with Crippen molar-refractivity contribution in [3.05, 3.63) is 47.8 Å². The van der Waals surface area contributed by atoms with Crippen LogP contribution >= 0.6 is 15.9 Å². The normalized spacial score (nSPS) is 12.6. The van der Waals surface area contributed by atoms with Gasteiger partial charge in [-0.2, -0.15) is 5.10 Å². The molecule has 4 heteroatoms. The van der Waals surface area contributed by atoms with Crippen LogP contribution in [-0.2, 0) is 12.8 Å². The number of hydrogen-bond acceptors (Lipinski definition) is 2. The largest absolute Gasteiger partial charge is 0.497 e. The molecule has 0 spiro atoms. The molecule has 0 radical (unpaired) electrons. The molecule has 0 saturated heterocycles. The summed E-state index contributed by atoms with van der Waals surface area (Å²) in [5.74, 6) is 1.46. The van der Waals surface area contributed by atoms with Crippen LogP contribution in [0.4, 0.5) is 0 Å². The Morgan fingerprint density at radius 2 is 2.05 bits per heavy atom. The number of benzene rings is 1. The lowest BCUT2D eigenvalue weighted by Gasteiger charge is -2.13. The summed E-state index contributed by atoms with van der Waals surface area (Å²) in [6.45, 7) is 4.30. The van der Waals surface area contributed by atoms with Crippen molar-refractivity contribution >= 4 is 15.9 Å². The first kappa shape index (κ1) is 16.1. The second-order valence-corrected chi connectivity index (χ2v) is 6.31. The van der Waals surface area contributed by atoms with Crippen LogP contribution in [0.25, 0.3) is 0 Å². The van der Waals surface area contributed by atoms with E-state index in [0.29, 0.717) is 12.0 Å². The zero-order valence-electron chi connectivity index (χ0n) is 12.9. The molecular weight excluding hydrogens is 328 g/mol. The molecule has 3 nitrogen and oxygen atoms in total. The van der Waals surface area contributed by atoms with Crippen molar-refractivity contribution in [1.82, 2.24) is 9.78 Å². The number of hydrogen-bond donors (Lipinski definition) is 0. The first-order valence-corrected chi connectivity index (χ1v) is 8.47. The summed E-state index contributed by atoms with van der Waals surface area (Å²) in [6, 6.07) is 10.8. The Morgan fingerprint density at radius 1 is 1.24 bits per heavy atom. The molecule has 0 aliphatic heterocycles. The molecule has 1 aromatic heterocycles. The standard InChI is InChI=1S/C17H23BrN2O/c1-13(2)20-8-7-16(19-20)10-15(12-18)9-14-5-4-6-17(11-14)21-3/h4-8,11,13,15H,9-10,12H2,1-3H3. The number of rotatable bonds is 7. The minimum Gasteiger partial charge on any atom is -0.497 e. The molecule has 2 rings (SSSR count). The molecular formula is C17H23BrN2O. The summed E-state index contributed by atoms with van der Waals surface area (Å²) in [4.78, 5) is 0. The van der Waals surface area contributed by atoms with Gasteiger partial charge in [0.15, 0.2) is 0 Å². The molecule has 0 saturated carbocycles. The third-order valence-corrected chi connectivity index (χ3v) is 4.48. The van der Waals surface area contributed by atoms with Gasteiger partial charge in [-0.15, -0.1) is 0 Å². The predicted octanol–water partition coefficient (Wildman–Crippen LogP) is 4.27. The number of methoxy groups -OCH3 is 1. The van der Waals surface area contributed by atoms with E-state index >= 15 is 0 Å². The number of halogens is 1. The summed E-state index contributed by atoms with van der Waals surface area (Å²) in [5.41, 5.74) is 2.47. The van der Waals surface area contributed by atoms with Crippen LogP contribution < -0.4 is 4.74 Å². The fourth-order valence-corrected chi connectivity index (χ4v) is 2.84. The molecule has 2 aromatic rings. The number of nitrogens with zero attached hydrogens (tertiary/aromatic N) is 2. The summed E-state index contributed by atoms with van der Waals surface area (Å²) in [5, 5.41) is 5.61. The van der Waals surface area contributed by atoms with Gasteiger partial charge in [-0.25, -0.2) is 0 Å². The van der Waals surface area contributed by atoms with Crippen molar-refractivity contribution in [1.29, 1.82) is 0 Å². The Kier molecular flexibility index (Phi) is 5.85. The van der Waals surface area contributed by atoms with E-state index in [2.05, 4.69) is 59.3 Å². The third kappa shape index (κ3) is 4.60. The van der Waals surface area contributed by atoms with Crippen molar-refractivity contribution in [3.63, 3.8) is 0 Å². The first-order valence-electron chi connectivity index (χ1n) is 7.35. The molecule has 0 aliphatic carbocycles. The maximum Gasteiger partial charge on any atom is 0.119 e. The summed E-state index contributed by atoms with van der Waals surface area (Å²) in [7, 11) is 1.71. The van der Waals surface area contributed by atoms with Gasteiger partial charge in [0.1, 0.15) is 5.75 Å². The van der Waals surface area contributed by atoms with Crippen LogP contribution in [0.5, 0.6) is 5.75 Å². The summed E-state index contributed by atoms with van der Waals surface area (Å²) < 4.78 is 7.31. The molecule has 1 heterocycles. The van der Waals surface area contributed by atoms with Crippen molar-refractivity contribution in [2.75, 3.05) is 12.4 Å². The van der Waals surface area contributed by atoms with Gasteiger partial charge in [-0.05, 0) is 56.4 Å². The molecule has 0 fully saturated rings. The lowest BCUT2D eigenvalue weighted by Crippen LogP contribution is -2.11. The second-order valence-electron chi connectivity index (χ2n) is 5.66. The van der Waals surface area contributed by atoms with E-state index in [-0.39, 0.29) is 0 Å². The van der Waals surface area contributed by atoms with Crippen LogP contribution in [0.3, 0.4) is 0 Å². The molecule has 0 bridgehead atoms. The minimum atomic E-state index is 0.416.